The number of nitrogens with zero attached hydrogens (tertiary/aromatic N) is 3. The second-order valence-electron chi connectivity index (χ2n) is 3.46. The Morgan fingerprint density at radius 3 is 2.82 bits per heavy atom. The Bertz CT molecular complexity index is 596. The van der Waals surface area contributed by atoms with Gasteiger partial charge in [-0.05, 0) is 18.6 Å². The first-order chi connectivity index (χ1) is 8.19. The summed E-state index contributed by atoms with van der Waals surface area (Å²) in [5, 5.41) is 14.1. The molecular weight excluding hydrogens is 257 g/mol. The van der Waals surface area contributed by atoms with Crippen molar-refractivity contribution in [2.75, 3.05) is 0 Å². The van der Waals surface area contributed by atoms with Crippen LogP contribution in [0.1, 0.15) is 18.2 Å². The van der Waals surface area contributed by atoms with Crippen molar-refractivity contribution in [3.05, 3.63) is 45.7 Å². The van der Waals surface area contributed by atoms with Gasteiger partial charge in [0.25, 0.3) is 0 Å². The van der Waals surface area contributed by atoms with E-state index in [0.29, 0.717) is 27.7 Å². The first-order valence-electron chi connectivity index (χ1n) is 5.10. The quantitative estimate of drug-likeness (QED) is 0.833. The molecule has 0 bridgehead atoms. The van der Waals surface area contributed by atoms with Crippen molar-refractivity contribution in [3.8, 4) is 11.8 Å². The number of hydrogen-bond acceptors (Lipinski definition) is 2. The summed E-state index contributed by atoms with van der Waals surface area (Å²) in [6.45, 7) is 1.97. The van der Waals surface area contributed by atoms with Gasteiger partial charge in [0.05, 0.1) is 33.2 Å². The highest BCUT2D eigenvalue weighted by Gasteiger charge is 2.13. The van der Waals surface area contributed by atoms with Crippen LogP contribution in [0, 0.1) is 11.3 Å². The van der Waals surface area contributed by atoms with Crippen molar-refractivity contribution < 1.29 is 0 Å². The van der Waals surface area contributed by atoms with Gasteiger partial charge in [0.2, 0.25) is 0 Å². The Labute approximate surface area is 109 Å². The van der Waals surface area contributed by atoms with Crippen LogP contribution in [0.4, 0.5) is 0 Å². The molecule has 1 heterocycles. The topological polar surface area (TPSA) is 41.6 Å². The second kappa shape index (κ2) is 4.79. The molecule has 0 aliphatic heterocycles. The molecule has 3 nitrogen and oxygen atoms in total. The molecule has 2 aromatic rings. The van der Waals surface area contributed by atoms with Gasteiger partial charge in [-0.2, -0.15) is 10.4 Å². The average Bonchev–Trinajstić information content (AvgIpc) is 2.75. The van der Waals surface area contributed by atoms with Gasteiger partial charge in [-0.3, -0.25) is 0 Å². The molecule has 0 atom stereocenters. The Morgan fingerprint density at radius 1 is 1.41 bits per heavy atom. The van der Waals surface area contributed by atoms with Gasteiger partial charge in [-0.25, -0.2) is 4.68 Å². The number of hydrogen-bond donors (Lipinski definition) is 0. The number of aromatic nitrogens is 2. The third-order valence-corrected chi connectivity index (χ3v) is 3.29. The minimum absolute atomic E-state index is 0.441. The summed E-state index contributed by atoms with van der Waals surface area (Å²) in [5.74, 6) is 0. The highest BCUT2D eigenvalue weighted by molar-refractivity contribution is 6.43. The average molecular weight is 266 g/mol. The molecule has 0 amide bonds. The fourth-order valence-electron chi connectivity index (χ4n) is 1.67. The summed E-state index contributed by atoms with van der Waals surface area (Å²) in [6.07, 6.45) is 2.24. The molecule has 0 fully saturated rings. The van der Waals surface area contributed by atoms with Gasteiger partial charge in [0.1, 0.15) is 6.07 Å². The summed E-state index contributed by atoms with van der Waals surface area (Å²) in [5.41, 5.74) is 2.08. The van der Waals surface area contributed by atoms with Gasteiger partial charge in [0, 0.05) is 0 Å². The van der Waals surface area contributed by atoms with Crippen LogP contribution in [0.25, 0.3) is 5.69 Å². The maximum atomic E-state index is 8.97. The fraction of sp³-hybridized carbons (Fsp3) is 0.167. The summed E-state index contributed by atoms with van der Waals surface area (Å²) in [6, 6.07) is 7.45. The van der Waals surface area contributed by atoms with Crippen molar-refractivity contribution >= 4 is 23.2 Å². The van der Waals surface area contributed by atoms with Crippen LogP contribution in [-0.4, -0.2) is 9.78 Å². The van der Waals surface area contributed by atoms with Gasteiger partial charge in [0.15, 0.2) is 0 Å². The summed E-state index contributed by atoms with van der Waals surface area (Å²) in [4.78, 5) is 0. The Morgan fingerprint density at radius 2 is 2.18 bits per heavy atom. The van der Waals surface area contributed by atoms with Crippen LogP contribution in [0.15, 0.2) is 24.4 Å². The van der Waals surface area contributed by atoms with E-state index in [9.17, 15) is 0 Å². The molecule has 0 unspecified atom stereocenters. The molecule has 0 saturated carbocycles. The Hall–Kier alpha value is -1.50. The monoisotopic (exact) mass is 265 g/mol. The van der Waals surface area contributed by atoms with Crippen LogP contribution in [0.3, 0.4) is 0 Å². The van der Waals surface area contributed by atoms with Crippen LogP contribution in [0.5, 0.6) is 0 Å². The zero-order valence-corrected chi connectivity index (χ0v) is 10.6. The van der Waals surface area contributed by atoms with E-state index < -0.39 is 0 Å². The molecular formula is C12H9Cl2N3. The van der Waals surface area contributed by atoms with E-state index in [-0.39, 0.29) is 0 Å². The molecule has 0 aliphatic rings. The third kappa shape index (κ3) is 2.02. The fourth-order valence-corrected chi connectivity index (χ4v) is 2.05. The smallest absolute Gasteiger partial charge is 0.103 e. The Kier molecular flexibility index (Phi) is 3.37. The minimum Gasteiger partial charge on any atom is -0.235 e. The third-order valence-electron chi connectivity index (χ3n) is 2.48. The van der Waals surface area contributed by atoms with Crippen LogP contribution < -0.4 is 0 Å². The highest BCUT2D eigenvalue weighted by atomic mass is 35.5. The lowest BCUT2D eigenvalue weighted by Crippen LogP contribution is -2.02. The van der Waals surface area contributed by atoms with Crippen molar-refractivity contribution in [2.24, 2.45) is 0 Å². The highest BCUT2D eigenvalue weighted by Crippen LogP contribution is 2.29. The maximum Gasteiger partial charge on any atom is 0.103 e. The van der Waals surface area contributed by atoms with Crippen molar-refractivity contribution in [3.63, 3.8) is 0 Å². The SMILES string of the molecule is CCc1c(C#N)cnn1-c1cccc(Cl)c1Cl. The molecule has 0 spiro atoms. The zero-order chi connectivity index (χ0) is 12.4. The largest absolute Gasteiger partial charge is 0.235 e. The number of benzene rings is 1. The normalized spacial score (nSPS) is 10.2. The molecule has 17 heavy (non-hydrogen) atoms. The first-order valence-corrected chi connectivity index (χ1v) is 5.86. The number of halogens is 2. The van der Waals surface area contributed by atoms with Crippen LogP contribution in [0.2, 0.25) is 10.0 Å². The minimum atomic E-state index is 0.441. The molecule has 5 heteroatoms. The lowest BCUT2D eigenvalue weighted by molar-refractivity contribution is 0.813. The summed E-state index contributed by atoms with van der Waals surface area (Å²) in [7, 11) is 0. The standard InChI is InChI=1S/C12H9Cl2N3/c1-2-10-8(6-15)7-16-17(10)11-5-3-4-9(13)12(11)14/h3-5,7H,2H2,1H3. The molecule has 0 N–H and O–H groups in total. The van der Waals surface area contributed by atoms with Gasteiger partial charge in [-0.15, -0.1) is 0 Å². The second-order valence-corrected chi connectivity index (χ2v) is 4.24. The van der Waals surface area contributed by atoms with E-state index in [4.69, 9.17) is 28.5 Å². The van der Waals surface area contributed by atoms with Gasteiger partial charge < -0.3 is 0 Å². The van der Waals surface area contributed by atoms with E-state index in [1.165, 1.54) is 6.20 Å². The van der Waals surface area contributed by atoms with Crippen molar-refractivity contribution in [1.29, 1.82) is 5.26 Å². The van der Waals surface area contributed by atoms with Crippen LogP contribution in [-0.2, 0) is 6.42 Å². The molecule has 0 radical (unpaired) electrons. The maximum absolute atomic E-state index is 8.97. The van der Waals surface area contributed by atoms with Gasteiger partial charge >= 0.3 is 0 Å². The predicted octanol–water partition coefficient (Wildman–Crippen LogP) is 3.61. The molecule has 2 rings (SSSR count). The predicted molar refractivity (Wildman–Crippen MR) is 67.7 cm³/mol. The summed E-state index contributed by atoms with van der Waals surface area (Å²) >= 11 is 12.1. The first kappa shape index (κ1) is 12.0. The Balaban J connectivity index is 2.65. The number of nitriles is 1. The molecule has 0 saturated heterocycles. The lowest BCUT2D eigenvalue weighted by atomic mass is 10.2. The van der Waals surface area contributed by atoms with Crippen LogP contribution >= 0.6 is 23.2 Å². The van der Waals surface area contributed by atoms with E-state index in [2.05, 4.69) is 11.2 Å². The molecule has 1 aromatic carbocycles. The van der Waals surface area contributed by atoms with Gasteiger partial charge in [-0.1, -0.05) is 36.2 Å². The molecule has 86 valence electrons. The van der Waals surface area contributed by atoms with E-state index in [1.807, 2.05) is 13.0 Å². The van der Waals surface area contributed by atoms with E-state index in [1.54, 1.807) is 16.8 Å². The summed E-state index contributed by atoms with van der Waals surface area (Å²) < 4.78 is 1.66. The molecule has 1 aromatic heterocycles. The lowest BCUT2D eigenvalue weighted by Gasteiger charge is -2.09. The molecule has 0 aliphatic carbocycles. The van der Waals surface area contributed by atoms with Crippen molar-refractivity contribution in [1.82, 2.24) is 9.78 Å². The van der Waals surface area contributed by atoms with Crippen molar-refractivity contribution in [2.45, 2.75) is 13.3 Å². The zero-order valence-electron chi connectivity index (χ0n) is 9.11. The number of rotatable bonds is 2. The van der Waals surface area contributed by atoms with E-state index >= 15 is 0 Å². The van der Waals surface area contributed by atoms with E-state index in [0.717, 1.165) is 5.69 Å².